The molecule has 4 rings (SSSR count). The molecule has 30 heavy (non-hydrogen) atoms. The van der Waals surface area contributed by atoms with Crippen molar-refractivity contribution in [3.05, 3.63) is 48.0 Å². The lowest BCUT2D eigenvalue weighted by molar-refractivity contribution is 0.171. The van der Waals surface area contributed by atoms with Crippen LogP contribution in [0, 0.1) is 12.8 Å². The molecule has 0 spiro atoms. The van der Waals surface area contributed by atoms with Crippen molar-refractivity contribution in [2.24, 2.45) is 5.92 Å². The summed E-state index contributed by atoms with van der Waals surface area (Å²) in [5.74, 6) is 1.62. The minimum Gasteiger partial charge on any atom is -0.486 e. The number of aromatic nitrogens is 1. The first-order valence-corrected chi connectivity index (χ1v) is 11.3. The molecule has 0 aliphatic carbocycles. The first-order valence-electron chi connectivity index (χ1n) is 9.81. The number of sulfone groups is 1. The molecule has 3 aromatic rings. The van der Waals surface area contributed by atoms with Gasteiger partial charge in [-0.2, -0.15) is 4.98 Å². The number of fused-ring (bicyclic) bond motifs is 1. The van der Waals surface area contributed by atoms with Crippen LogP contribution in [0.5, 0.6) is 11.5 Å². The van der Waals surface area contributed by atoms with Gasteiger partial charge in [0, 0.05) is 18.2 Å². The Morgan fingerprint density at radius 2 is 1.80 bits per heavy atom. The smallest absolute Gasteiger partial charge is 0.233 e. The highest BCUT2D eigenvalue weighted by atomic mass is 32.2. The minimum absolute atomic E-state index is 0.0731. The first kappa shape index (κ1) is 20.3. The normalized spacial score (nSPS) is 13.5. The topological polar surface area (TPSA) is 90.7 Å². The monoisotopic (exact) mass is 428 g/mol. The van der Waals surface area contributed by atoms with Gasteiger partial charge >= 0.3 is 0 Å². The summed E-state index contributed by atoms with van der Waals surface area (Å²) in [5.41, 5.74) is 1.69. The van der Waals surface area contributed by atoms with Crippen LogP contribution in [-0.4, -0.2) is 33.2 Å². The lowest BCUT2D eigenvalue weighted by Crippen LogP contribution is -2.16. The Hall–Kier alpha value is -3.00. The van der Waals surface area contributed by atoms with Gasteiger partial charge in [-0.05, 0) is 36.6 Å². The highest BCUT2D eigenvalue weighted by Crippen LogP contribution is 2.37. The average Bonchev–Trinajstić information content (AvgIpc) is 3.17. The second kappa shape index (κ2) is 8.02. The molecule has 1 aliphatic rings. The summed E-state index contributed by atoms with van der Waals surface area (Å²) in [4.78, 5) is 4.46. The number of nitrogens with zero attached hydrogens (tertiary/aromatic N) is 1. The van der Waals surface area contributed by atoms with E-state index in [-0.39, 0.29) is 21.7 Å². The van der Waals surface area contributed by atoms with Crippen molar-refractivity contribution in [3.8, 4) is 23.0 Å². The number of ether oxygens (including phenoxy) is 2. The van der Waals surface area contributed by atoms with Gasteiger partial charge in [-0.15, -0.1) is 0 Å². The van der Waals surface area contributed by atoms with Crippen LogP contribution >= 0.6 is 0 Å². The maximum Gasteiger partial charge on any atom is 0.233 e. The average molecular weight is 429 g/mol. The standard InChI is InChI=1S/C22H24N2O5S/c1-14(2)13-23-21-22(24-20(29-21)17-7-5-4-6-15(17)3)30(25,26)16-8-9-18-19(12-16)28-11-10-27-18/h4-9,12,14,23H,10-11,13H2,1-3H3. The van der Waals surface area contributed by atoms with Crippen molar-refractivity contribution in [2.75, 3.05) is 25.1 Å². The van der Waals surface area contributed by atoms with Crippen LogP contribution in [0.1, 0.15) is 19.4 Å². The minimum atomic E-state index is -3.95. The summed E-state index contributed by atoms with van der Waals surface area (Å²) in [6, 6.07) is 12.1. The van der Waals surface area contributed by atoms with Gasteiger partial charge in [0.25, 0.3) is 0 Å². The lowest BCUT2D eigenvalue weighted by Gasteiger charge is -2.18. The maximum atomic E-state index is 13.5. The largest absolute Gasteiger partial charge is 0.486 e. The number of benzene rings is 2. The third-order valence-corrected chi connectivity index (χ3v) is 6.38. The number of hydrogen-bond donors (Lipinski definition) is 1. The second-order valence-corrected chi connectivity index (χ2v) is 9.42. The Balaban J connectivity index is 1.80. The summed E-state index contributed by atoms with van der Waals surface area (Å²) in [5, 5.41) is 2.96. The van der Waals surface area contributed by atoms with Crippen molar-refractivity contribution in [2.45, 2.75) is 30.7 Å². The van der Waals surface area contributed by atoms with E-state index in [1.165, 1.54) is 12.1 Å². The van der Waals surface area contributed by atoms with Crippen LogP contribution in [0.3, 0.4) is 0 Å². The van der Waals surface area contributed by atoms with E-state index in [1.54, 1.807) is 6.07 Å². The number of anilines is 1. The number of hydrogen-bond acceptors (Lipinski definition) is 7. The van der Waals surface area contributed by atoms with Gasteiger partial charge in [-0.1, -0.05) is 32.0 Å². The summed E-state index contributed by atoms with van der Waals surface area (Å²) in [7, 11) is -3.95. The molecule has 2 heterocycles. The highest BCUT2D eigenvalue weighted by molar-refractivity contribution is 7.91. The number of rotatable bonds is 6. The van der Waals surface area contributed by atoms with Gasteiger partial charge in [0.1, 0.15) is 13.2 Å². The molecule has 1 aromatic heterocycles. The Bertz CT molecular complexity index is 1170. The Kier molecular flexibility index (Phi) is 5.42. The lowest BCUT2D eigenvalue weighted by atomic mass is 10.1. The van der Waals surface area contributed by atoms with Gasteiger partial charge in [-0.25, -0.2) is 8.42 Å². The predicted molar refractivity (Wildman–Crippen MR) is 113 cm³/mol. The van der Waals surface area contributed by atoms with Crippen LogP contribution in [0.15, 0.2) is 56.8 Å². The molecule has 0 saturated heterocycles. The molecule has 8 heteroatoms. The Morgan fingerprint density at radius 3 is 2.53 bits per heavy atom. The Morgan fingerprint density at radius 1 is 1.07 bits per heavy atom. The Labute approximate surface area is 176 Å². The van der Waals surface area contributed by atoms with Gasteiger partial charge in [0.15, 0.2) is 11.5 Å². The van der Waals surface area contributed by atoms with Crippen LogP contribution in [0.4, 0.5) is 5.88 Å². The van der Waals surface area contributed by atoms with Crippen molar-refractivity contribution in [3.63, 3.8) is 0 Å². The zero-order valence-corrected chi connectivity index (χ0v) is 18.0. The van der Waals surface area contributed by atoms with Crippen molar-refractivity contribution in [1.29, 1.82) is 0 Å². The molecular formula is C22H24N2O5S. The molecule has 0 unspecified atom stereocenters. The number of oxazole rings is 1. The molecule has 0 radical (unpaired) electrons. The molecule has 1 aliphatic heterocycles. The zero-order valence-electron chi connectivity index (χ0n) is 17.1. The third kappa shape index (κ3) is 3.87. The molecule has 0 fully saturated rings. The fourth-order valence-electron chi connectivity index (χ4n) is 3.13. The van der Waals surface area contributed by atoms with Crippen molar-refractivity contribution < 1.29 is 22.3 Å². The summed E-state index contributed by atoms with van der Waals surface area (Å²) in [6.45, 7) is 7.34. The quantitative estimate of drug-likeness (QED) is 0.625. The maximum absolute atomic E-state index is 13.5. The van der Waals surface area contributed by atoms with Crippen LogP contribution in [0.2, 0.25) is 0 Å². The molecule has 0 atom stereocenters. The molecule has 1 N–H and O–H groups in total. The second-order valence-electron chi connectivity index (χ2n) is 7.55. The van der Waals surface area contributed by atoms with Crippen LogP contribution < -0.4 is 14.8 Å². The van der Waals surface area contributed by atoms with Gasteiger partial charge < -0.3 is 19.2 Å². The fourth-order valence-corrected chi connectivity index (χ4v) is 4.42. The molecule has 0 saturated carbocycles. The van der Waals surface area contributed by atoms with Crippen molar-refractivity contribution >= 4 is 15.7 Å². The van der Waals surface area contributed by atoms with Crippen LogP contribution in [-0.2, 0) is 9.84 Å². The molecule has 2 aromatic carbocycles. The zero-order chi connectivity index (χ0) is 21.3. The van der Waals surface area contributed by atoms with E-state index in [4.69, 9.17) is 13.9 Å². The van der Waals surface area contributed by atoms with E-state index >= 15 is 0 Å². The highest BCUT2D eigenvalue weighted by Gasteiger charge is 2.30. The molecule has 0 amide bonds. The van der Waals surface area contributed by atoms with E-state index in [9.17, 15) is 8.42 Å². The van der Waals surface area contributed by atoms with Crippen LogP contribution in [0.25, 0.3) is 11.5 Å². The van der Waals surface area contributed by atoms with Gasteiger partial charge in [-0.3, -0.25) is 0 Å². The summed E-state index contributed by atoms with van der Waals surface area (Å²) < 4.78 is 43.8. The molecule has 0 bridgehead atoms. The van der Waals surface area contributed by atoms with Gasteiger partial charge in [0.05, 0.1) is 4.90 Å². The van der Waals surface area contributed by atoms with E-state index in [1.807, 2.05) is 45.0 Å². The van der Waals surface area contributed by atoms with E-state index in [2.05, 4.69) is 10.3 Å². The molecule has 158 valence electrons. The number of nitrogens with one attached hydrogen (secondary N) is 1. The first-order chi connectivity index (χ1) is 14.4. The van der Waals surface area contributed by atoms with E-state index in [0.717, 1.165) is 11.1 Å². The van der Waals surface area contributed by atoms with E-state index in [0.29, 0.717) is 37.2 Å². The van der Waals surface area contributed by atoms with E-state index < -0.39 is 9.84 Å². The molecule has 7 nitrogen and oxygen atoms in total. The summed E-state index contributed by atoms with van der Waals surface area (Å²) >= 11 is 0. The summed E-state index contributed by atoms with van der Waals surface area (Å²) in [6.07, 6.45) is 0. The SMILES string of the molecule is Cc1ccccc1-c1nc(S(=O)(=O)c2ccc3c(c2)OCCO3)c(NCC(C)C)o1. The fraction of sp³-hybridized carbons (Fsp3) is 0.318. The predicted octanol–water partition coefficient (Wildman–Crippen LogP) is 4.32. The third-order valence-electron chi connectivity index (χ3n) is 4.72. The number of aryl methyl sites for hydroxylation is 1. The van der Waals surface area contributed by atoms with Crippen molar-refractivity contribution in [1.82, 2.24) is 4.98 Å². The van der Waals surface area contributed by atoms with Gasteiger partial charge in [0.2, 0.25) is 26.6 Å². The molecular weight excluding hydrogens is 404 g/mol.